The van der Waals surface area contributed by atoms with Crippen LogP contribution in [0.4, 0.5) is 0 Å². The molecule has 1 saturated carbocycles. The van der Waals surface area contributed by atoms with Gasteiger partial charge in [-0.3, -0.25) is 4.79 Å². The summed E-state index contributed by atoms with van der Waals surface area (Å²) in [5.74, 6) is 1.57. The second-order valence-electron chi connectivity index (χ2n) is 8.46. The molecule has 148 valence electrons. The molecule has 4 heteroatoms. The van der Waals surface area contributed by atoms with Gasteiger partial charge in [0.2, 0.25) is 0 Å². The van der Waals surface area contributed by atoms with E-state index in [4.69, 9.17) is 9.47 Å². The van der Waals surface area contributed by atoms with Crippen molar-refractivity contribution in [3.8, 4) is 11.5 Å². The zero-order valence-corrected chi connectivity index (χ0v) is 17.1. The maximum atomic E-state index is 11.8. The van der Waals surface area contributed by atoms with E-state index in [2.05, 4.69) is 32.9 Å². The first-order valence-electron chi connectivity index (χ1n) is 10.1. The van der Waals surface area contributed by atoms with Crippen LogP contribution < -0.4 is 4.74 Å². The number of benzene rings is 1. The van der Waals surface area contributed by atoms with E-state index in [0.717, 1.165) is 36.1 Å². The van der Waals surface area contributed by atoms with Crippen LogP contribution in [0.25, 0.3) is 0 Å². The van der Waals surface area contributed by atoms with Crippen LogP contribution in [0.1, 0.15) is 83.3 Å². The zero-order chi connectivity index (χ0) is 19.8. The van der Waals surface area contributed by atoms with E-state index in [1.54, 1.807) is 0 Å². The Balaban J connectivity index is 1.97. The van der Waals surface area contributed by atoms with Crippen LogP contribution in [0.5, 0.6) is 11.5 Å². The molecule has 0 aromatic heterocycles. The van der Waals surface area contributed by atoms with E-state index in [0.29, 0.717) is 18.1 Å². The summed E-state index contributed by atoms with van der Waals surface area (Å²) in [6.45, 7) is 10.2. The molecule has 2 aliphatic rings. The lowest BCUT2D eigenvalue weighted by atomic mass is 9.65. The molecule has 4 nitrogen and oxygen atoms in total. The highest BCUT2D eigenvalue weighted by Crippen LogP contribution is 2.55. The minimum atomic E-state index is -0.313. The lowest BCUT2D eigenvalue weighted by molar-refractivity contribution is -0.152. The number of carbonyl (C=O) groups excluding carboxylic acids is 1. The van der Waals surface area contributed by atoms with Crippen molar-refractivity contribution in [3.05, 3.63) is 35.4 Å². The monoisotopic (exact) mass is 372 g/mol. The summed E-state index contributed by atoms with van der Waals surface area (Å²) in [7, 11) is 0. The average Bonchev–Trinajstić information content (AvgIpc) is 2.60. The van der Waals surface area contributed by atoms with Crippen molar-refractivity contribution >= 4 is 5.97 Å². The molecule has 4 atom stereocenters. The van der Waals surface area contributed by atoms with Crippen LogP contribution in [0.2, 0.25) is 0 Å². The fourth-order valence-electron chi connectivity index (χ4n) is 4.77. The summed E-state index contributed by atoms with van der Waals surface area (Å²) in [5, 5.41) is 10.9. The van der Waals surface area contributed by atoms with Crippen molar-refractivity contribution in [2.75, 3.05) is 0 Å². The molecule has 1 aliphatic heterocycles. The van der Waals surface area contributed by atoms with Crippen molar-refractivity contribution in [1.82, 2.24) is 0 Å². The minimum absolute atomic E-state index is 0.0820. The molecule has 27 heavy (non-hydrogen) atoms. The van der Waals surface area contributed by atoms with Crippen LogP contribution in [0.3, 0.4) is 0 Å². The van der Waals surface area contributed by atoms with Crippen LogP contribution in [-0.4, -0.2) is 22.8 Å². The molecule has 1 fully saturated rings. The number of carbonyl (C=O) groups is 1. The Bertz CT molecular complexity index is 734. The summed E-state index contributed by atoms with van der Waals surface area (Å²) in [6.07, 6.45) is 6.97. The first-order valence-corrected chi connectivity index (χ1v) is 10.1. The predicted molar refractivity (Wildman–Crippen MR) is 106 cm³/mol. The summed E-state index contributed by atoms with van der Waals surface area (Å²) >= 11 is 0. The Morgan fingerprint density at radius 3 is 2.81 bits per heavy atom. The van der Waals surface area contributed by atoms with Crippen molar-refractivity contribution in [3.63, 3.8) is 0 Å². The van der Waals surface area contributed by atoms with Gasteiger partial charge in [-0.1, -0.05) is 26.0 Å². The lowest BCUT2D eigenvalue weighted by Crippen LogP contribution is -2.48. The lowest BCUT2D eigenvalue weighted by Gasteiger charge is -2.49. The average molecular weight is 373 g/mol. The molecular weight excluding hydrogens is 340 g/mol. The number of allylic oxidation sites excluding steroid dienone is 2. The Kier molecular flexibility index (Phi) is 5.55. The summed E-state index contributed by atoms with van der Waals surface area (Å²) in [5.41, 5.74) is 1.61. The summed E-state index contributed by atoms with van der Waals surface area (Å²) in [6, 6.07) is 3.93. The first kappa shape index (κ1) is 19.8. The zero-order valence-electron chi connectivity index (χ0n) is 17.1. The first-order chi connectivity index (χ1) is 12.8. The second kappa shape index (κ2) is 7.57. The van der Waals surface area contributed by atoms with Crippen molar-refractivity contribution in [1.29, 1.82) is 0 Å². The third-order valence-electron chi connectivity index (χ3n) is 6.18. The Morgan fingerprint density at radius 1 is 1.41 bits per heavy atom. The van der Waals surface area contributed by atoms with E-state index >= 15 is 0 Å². The molecule has 0 radical (unpaired) electrons. The highest BCUT2D eigenvalue weighted by atomic mass is 16.5. The van der Waals surface area contributed by atoms with Crippen LogP contribution in [0, 0.1) is 5.92 Å². The second-order valence-corrected chi connectivity index (χ2v) is 8.46. The highest BCUT2D eigenvalue weighted by Gasteiger charge is 2.48. The number of esters is 1. The molecule has 0 amide bonds. The Morgan fingerprint density at radius 2 is 2.15 bits per heavy atom. The van der Waals surface area contributed by atoms with Gasteiger partial charge in [-0.05, 0) is 63.6 Å². The number of fused-ring (bicyclic) bond motifs is 3. The van der Waals surface area contributed by atoms with Crippen LogP contribution in [-0.2, 0) is 9.53 Å². The number of hydrogen-bond acceptors (Lipinski definition) is 4. The molecule has 0 bridgehead atoms. The third kappa shape index (κ3) is 3.85. The van der Waals surface area contributed by atoms with Gasteiger partial charge in [-0.15, -0.1) is 0 Å². The van der Waals surface area contributed by atoms with Gasteiger partial charge in [0.15, 0.2) is 0 Å². The highest BCUT2D eigenvalue weighted by molar-refractivity contribution is 5.69. The quantitative estimate of drug-likeness (QED) is 0.564. The molecule has 3 rings (SSSR count). The van der Waals surface area contributed by atoms with Gasteiger partial charge < -0.3 is 14.6 Å². The number of aromatic hydroxyl groups is 1. The molecule has 1 aromatic rings. The fraction of sp³-hybridized carbons (Fsp3) is 0.609. The predicted octanol–water partition coefficient (Wildman–Crippen LogP) is 5.45. The van der Waals surface area contributed by atoms with E-state index in [-0.39, 0.29) is 29.5 Å². The van der Waals surface area contributed by atoms with Gasteiger partial charge in [0.1, 0.15) is 23.2 Å². The molecule has 0 saturated heterocycles. The molecule has 1 N–H and O–H groups in total. The van der Waals surface area contributed by atoms with E-state index in [1.165, 1.54) is 0 Å². The number of rotatable bonds is 4. The Hall–Kier alpha value is -1.97. The van der Waals surface area contributed by atoms with Gasteiger partial charge in [0.05, 0.1) is 0 Å². The van der Waals surface area contributed by atoms with Gasteiger partial charge in [0, 0.05) is 23.8 Å². The Labute approximate surface area is 162 Å². The SMILES string of the molecule is CC=CC(C)c1cc(O)c2c(c1)OC(C)(C)C1CCC(OC(=O)CC)CC21. The van der Waals surface area contributed by atoms with Gasteiger partial charge in [-0.25, -0.2) is 0 Å². The minimum Gasteiger partial charge on any atom is -0.508 e. The maximum Gasteiger partial charge on any atom is 0.305 e. The van der Waals surface area contributed by atoms with Crippen molar-refractivity contribution in [2.45, 2.75) is 83.8 Å². The molecule has 4 unspecified atom stereocenters. The summed E-state index contributed by atoms with van der Waals surface area (Å²) < 4.78 is 12.0. The normalized spacial score (nSPS) is 27.4. The third-order valence-corrected chi connectivity index (χ3v) is 6.18. The van der Waals surface area contributed by atoms with Crippen LogP contribution >= 0.6 is 0 Å². The largest absolute Gasteiger partial charge is 0.508 e. The smallest absolute Gasteiger partial charge is 0.305 e. The van der Waals surface area contributed by atoms with Crippen molar-refractivity contribution in [2.24, 2.45) is 5.92 Å². The van der Waals surface area contributed by atoms with E-state index in [9.17, 15) is 9.90 Å². The maximum absolute atomic E-state index is 11.8. The number of hydrogen-bond donors (Lipinski definition) is 1. The molecule has 1 heterocycles. The van der Waals surface area contributed by atoms with E-state index < -0.39 is 0 Å². The standard InChI is InChI=1S/C23H32O4/c1-6-8-14(3)15-11-19(24)22-17-13-16(26-21(25)7-2)9-10-18(17)23(4,5)27-20(22)12-15/h6,8,11-12,14,16-18,24H,7,9-10,13H2,1-5H3. The van der Waals surface area contributed by atoms with Gasteiger partial charge in [-0.2, -0.15) is 0 Å². The number of phenols is 1. The molecule has 1 aromatic carbocycles. The molecule has 1 aliphatic carbocycles. The van der Waals surface area contributed by atoms with E-state index in [1.807, 2.05) is 26.0 Å². The number of ether oxygens (including phenoxy) is 2. The molecule has 0 spiro atoms. The summed E-state index contributed by atoms with van der Waals surface area (Å²) in [4.78, 5) is 11.8. The van der Waals surface area contributed by atoms with Gasteiger partial charge >= 0.3 is 5.97 Å². The molecular formula is C23H32O4. The van der Waals surface area contributed by atoms with Gasteiger partial charge in [0.25, 0.3) is 0 Å². The van der Waals surface area contributed by atoms with Crippen molar-refractivity contribution < 1.29 is 19.4 Å². The fourth-order valence-corrected chi connectivity index (χ4v) is 4.77. The topological polar surface area (TPSA) is 55.8 Å². The van der Waals surface area contributed by atoms with Crippen LogP contribution in [0.15, 0.2) is 24.3 Å². The number of phenolic OH excluding ortho intramolecular Hbond substituents is 1.